The normalized spacial score (nSPS) is 10.5. The summed E-state index contributed by atoms with van der Waals surface area (Å²) in [5.74, 6) is 0.250. The van der Waals surface area contributed by atoms with Crippen molar-refractivity contribution in [3.8, 4) is 11.4 Å². The molecule has 8 nitrogen and oxygen atoms in total. The Morgan fingerprint density at radius 1 is 1.18 bits per heavy atom. The lowest BCUT2D eigenvalue weighted by atomic mass is 10.2. The van der Waals surface area contributed by atoms with Gasteiger partial charge in [-0.15, -0.1) is 0 Å². The van der Waals surface area contributed by atoms with Crippen LogP contribution < -0.4 is 5.32 Å². The highest BCUT2D eigenvalue weighted by Gasteiger charge is 2.12. The number of carbonyl (C=O) groups excluding carboxylic acids is 2. The molecular formula is C20H20N4O4. The zero-order chi connectivity index (χ0) is 19.8. The topological polar surface area (TPSA) is 107 Å². The quantitative estimate of drug-likeness (QED) is 0.598. The van der Waals surface area contributed by atoms with E-state index in [4.69, 9.17) is 9.26 Å². The number of benzene rings is 1. The first kappa shape index (κ1) is 19.2. The molecule has 3 rings (SSSR count). The van der Waals surface area contributed by atoms with Gasteiger partial charge in [0.2, 0.25) is 17.6 Å². The van der Waals surface area contributed by atoms with Crippen LogP contribution in [0, 0.1) is 0 Å². The van der Waals surface area contributed by atoms with Gasteiger partial charge >= 0.3 is 5.97 Å². The van der Waals surface area contributed by atoms with Gasteiger partial charge in [-0.05, 0) is 42.8 Å². The monoisotopic (exact) mass is 380 g/mol. The van der Waals surface area contributed by atoms with Gasteiger partial charge in [-0.3, -0.25) is 9.78 Å². The number of amides is 1. The minimum atomic E-state index is -0.374. The molecule has 0 radical (unpaired) electrons. The standard InChI is InChI=1S/C20H20N4O4/c1-2-12-27-20(26)14-5-7-16(8-6-14)22-17(25)9-10-18-23-19(24-28-18)15-4-3-11-21-13-15/h3-8,11,13H,2,9-10,12H2,1H3,(H,22,25). The molecular weight excluding hydrogens is 360 g/mol. The number of anilines is 1. The molecule has 0 unspecified atom stereocenters. The van der Waals surface area contributed by atoms with Crippen molar-refractivity contribution in [2.75, 3.05) is 11.9 Å². The molecule has 0 fully saturated rings. The van der Waals surface area contributed by atoms with Crippen molar-refractivity contribution >= 4 is 17.6 Å². The maximum absolute atomic E-state index is 12.1. The first-order chi connectivity index (χ1) is 13.7. The lowest BCUT2D eigenvalue weighted by molar-refractivity contribution is -0.116. The molecule has 0 aliphatic heterocycles. The number of aromatic nitrogens is 3. The summed E-state index contributed by atoms with van der Waals surface area (Å²) < 4.78 is 10.2. The van der Waals surface area contributed by atoms with Gasteiger partial charge in [0, 0.05) is 36.5 Å². The minimum absolute atomic E-state index is 0.189. The summed E-state index contributed by atoms with van der Waals surface area (Å²) in [6, 6.07) is 10.2. The Bertz CT molecular complexity index is 923. The number of pyridine rings is 1. The summed E-state index contributed by atoms with van der Waals surface area (Å²) in [4.78, 5) is 32.2. The Balaban J connectivity index is 1.49. The van der Waals surface area contributed by atoms with Crippen LogP contribution in [0.2, 0.25) is 0 Å². The molecule has 3 aromatic rings. The van der Waals surface area contributed by atoms with Crippen LogP contribution in [0.1, 0.15) is 36.0 Å². The van der Waals surface area contributed by atoms with Gasteiger partial charge in [0.25, 0.3) is 0 Å². The van der Waals surface area contributed by atoms with E-state index in [0.717, 1.165) is 12.0 Å². The molecule has 0 aliphatic rings. The van der Waals surface area contributed by atoms with Gasteiger partial charge in [-0.2, -0.15) is 4.98 Å². The van der Waals surface area contributed by atoms with Crippen LogP contribution in [0.25, 0.3) is 11.4 Å². The largest absolute Gasteiger partial charge is 0.462 e. The van der Waals surface area contributed by atoms with Gasteiger partial charge in [-0.25, -0.2) is 4.79 Å². The van der Waals surface area contributed by atoms with E-state index in [2.05, 4.69) is 20.4 Å². The summed E-state index contributed by atoms with van der Waals surface area (Å²) in [6.07, 6.45) is 4.58. The molecule has 2 heterocycles. The Hall–Kier alpha value is -3.55. The number of nitrogens with one attached hydrogen (secondary N) is 1. The molecule has 0 saturated carbocycles. The number of hydrogen-bond donors (Lipinski definition) is 1. The van der Waals surface area contributed by atoms with Crippen molar-refractivity contribution in [2.45, 2.75) is 26.2 Å². The number of ether oxygens (including phenoxy) is 1. The number of hydrogen-bond acceptors (Lipinski definition) is 7. The molecule has 0 spiro atoms. The van der Waals surface area contributed by atoms with Crippen molar-refractivity contribution in [1.29, 1.82) is 0 Å². The van der Waals surface area contributed by atoms with Crippen molar-refractivity contribution in [3.63, 3.8) is 0 Å². The van der Waals surface area contributed by atoms with Crippen LogP contribution in [0.15, 0.2) is 53.3 Å². The second kappa shape index (κ2) is 9.40. The van der Waals surface area contributed by atoms with Crippen LogP contribution in [0.4, 0.5) is 5.69 Å². The average Bonchev–Trinajstić information content (AvgIpc) is 3.21. The van der Waals surface area contributed by atoms with Crippen LogP contribution in [0.5, 0.6) is 0 Å². The summed E-state index contributed by atoms with van der Waals surface area (Å²) in [5, 5.41) is 6.66. The first-order valence-corrected chi connectivity index (χ1v) is 8.95. The lowest BCUT2D eigenvalue weighted by Gasteiger charge is -2.06. The molecule has 0 bridgehead atoms. The van der Waals surface area contributed by atoms with Gasteiger partial charge in [0.1, 0.15) is 0 Å². The van der Waals surface area contributed by atoms with Gasteiger partial charge in [0.15, 0.2) is 0 Å². The molecule has 1 aromatic carbocycles. The van der Waals surface area contributed by atoms with Crippen LogP contribution in [-0.2, 0) is 16.0 Å². The maximum atomic E-state index is 12.1. The minimum Gasteiger partial charge on any atom is -0.462 e. The summed E-state index contributed by atoms with van der Waals surface area (Å²) in [7, 11) is 0. The van der Waals surface area contributed by atoms with Crippen LogP contribution >= 0.6 is 0 Å². The predicted molar refractivity (Wildman–Crippen MR) is 101 cm³/mol. The van der Waals surface area contributed by atoms with Crippen LogP contribution in [-0.4, -0.2) is 33.6 Å². The van der Waals surface area contributed by atoms with E-state index in [9.17, 15) is 9.59 Å². The fourth-order valence-electron chi connectivity index (χ4n) is 2.38. The number of carbonyl (C=O) groups is 2. The van der Waals surface area contributed by atoms with E-state index >= 15 is 0 Å². The molecule has 28 heavy (non-hydrogen) atoms. The zero-order valence-corrected chi connectivity index (χ0v) is 15.4. The van der Waals surface area contributed by atoms with E-state index in [1.807, 2.05) is 13.0 Å². The molecule has 0 atom stereocenters. The van der Waals surface area contributed by atoms with E-state index < -0.39 is 0 Å². The van der Waals surface area contributed by atoms with E-state index in [-0.39, 0.29) is 18.3 Å². The number of nitrogens with zero attached hydrogens (tertiary/aromatic N) is 3. The Morgan fingerprint density at radius 2 is 2.00 bits per heavy atom. The van der Waals surface area contributed by atoms with E-state index in [0.29, 0.717) is 36.0 Å². The van der Waals surface area contributed by atoms with Gasteiger partial charge in [0.05, 0.1) is 12.2 Å². The molecule has 0 saturated heterocycles. The smallest absolute Gasteiger partial charge is 0.338 e. The third-order valence-corrected chi connectivity index (χ3v) is 3.80. The van der Waals surface area contributed by atoms with E-state index in [1.165, 1.54) is 0 Å². The fourth-order valence-corrected chi connectivity index (χ4v) is 2.38. The number of aryl methyl sites for hydroxylation is 1. The van der Waals surface area contributed by atoms with E-state index in [1.54, 1.807) is 42.7 Å². The molecule has 144 valence electrons. The molecule has 1 amide bonds. The Labute approximate surface area is 161 Å². The zero-order valence-electron chi connectivity index (χ0n) is 15.4. The van der Waals surface area contributed by atoms with Crippen molar-refractivity contribution in [1.82, 2.24) is 15.1 Å². The molecule has 0 aliphatic carbocycles. The van der Waals surface area contributed by atoms with Crippen molar-refractivity contribution in [2.24, 2.45) is 0 Å². The number of esters is 1. The Kier molecular flexibility index (Phi) is 6.46. The third-order valence-electron chi connectivity index (χ3n) is 3.80. The third kappa shape index (κ3) is 5.23. The highest BCUT2D eigenvalue weighted by atomic mass is 16.5. The maximum Gasteiger partial charge on any atom is 0.338 e. The summed E-state index contributed by atoms with van der Waals surface area (Å²) in [5.41, 5.74) is 1.79. The summed E-state index contributed by atoms with van der Waals surface area (Å²) in [6.45, 7) is 2.31. The molecule has 8 heteroatoms. The second-order valence-corrected chi connectivity index (χ2v) is 6.01. The van der Waals surface area contributed by atoms with Gasteiger partial charge < -0.3 is 14.6 Å². The van der Waals surface area contributed by atoms with Crippen molar-refractivity contribution in [3.05, 3.63) is 60.2 Å². The fraction of sp³-hybridized carbons (Fsp3) is 0.250. The number of rotatable bonds is 8. The highest BCUT2D eigenvalue weighted by Crippen LogP contribution is 2.15. The lowest BCUT2D eigenvalue weighted by Crippen LogP contribution is -2.13. The molecule has 1 N–H and O–H groups in total. The molecule has 2 aromatic heterocycles. The average molecular weight is 380 g/mol. The first-order valence-electron chi connectivity index (χ1n) is 8.95. The van der Waals surface area contributed by atoms with Crippen molar-refractivity contribution < 1.29 is 18.8 Å². The summed E-state index contributed by atoms with van der Waals surface area (Å²) >= 11 is 0. The van der Waals surface area contributed by atoms with Gasteiger partial charge in [-0.1, -0.05) is 12.1 Å². The second-order valence-electron chi connectivity index (χ2n) is 6.01. The predicted octanol–water partition coefficient (Wildman–Crippen LogP) is 3.27. The highest BCUT2D eigenvalue weighted by molar-refractivity contribution is 5.93. The Morgan fingerprint density at radius 3 is 2.71 bits per heavy atom. The van der Waals surface area contributed by atoms with Crippen LogP contribution in [0.3, 0.4) is 0 Å². The SMILES string of the molecule is CCCOC(=O)c1ccc(NC(=O)CCc2nc(-c3cccnc3)no2)cc1.